The Morgan fingerprint density at radius 1 is 1.07 bits per heavy atom. The number of aliphatic hydroxyl groups excluding tert-OH is 1. The molecular formula is C24H35NO3. The highest BCUT2D eigenvalue weighted by molar-refractivity contribution is 5.45. The van der Waals surface area contributed by atoms with Crippen LogP contribution in [0.2, 0.25) is 0 Å². The molecule has 1 fully saturated rings. The van der Waals surface area contributed by atoms with Gasteiger partial charge in [0.25, 0.3) is 0 Å². The number of hydrogen-bond acceptors (Lipinski definition) is 4. The molecule has 2 atom stereocenters. The Labute approximate surface area is 169 Å². The predicted octanol–water partition coefficient (Wildman–Crippen LogP) is 4.16. The normalized spacial score (nSPS) is 27.4. The molecule has 0 bridgehead atoms. The number of rotatable bonds is 6. The number of aliphatic hydroxyl groups is 1. The average Bonchev–Trinajstić information content (AvgIpc) is 2.72. The van der Waals surface area contributed by atoms with Gasteiger partial charge in [-0.1, -0.05) is 30.3 Å². The topological polar surface area (TPSA) is 41.9 Å². The van der Waals surface area contributed by atoms with E-state index in [2.05, 4.69) is 56.0 Å². The Balaban J connectivity index is 1.82. The first-order chi connectivity index (χ1) is 13.5. The van der Waals surface area contributed by atoms with E-state index >= 15 is 0 Å². The van der Waals surface area contributed by atoms with E-state index in [0.717, 1.165) is 49.4 Å². The van der Waals surface area contributed by atoms with Crippen LogP contribution >= 0.6 is 0 Å². The van der Waals surface area contributed by atoms with Crippen molar-refractivity contribution in [3.05, 3.63) is 58.4 Å². The smallest absolute Gasteiger partial charge is 0.121 e. The van der Waals surface area contributed by atoms with Crippen molar-refractivity contribution in [1.82, 2.24) is 4.90 Å². The number of methoxy groups -OCH3 is 2. The van der Waals surface area contributed by atoms with Crippen LogP contribution in [-0.2, 0) is 16.0 Å². The third kappa shape index (κ3) is 3.54. The maximum absolute atomic E-state index is 10.3. The minimum Gasteiger partial charge on any atom is -0.497 e. The lowest BCUT2D eigenvalue weighted by Crippen LogP contribution is -2.55. The highest BCUT2D eigenvalue weighted by atomic mass is 16.5. The minimum atomic E-state index is -0.455. The summed E-state index contributed by atoms with van der Waals surface area (Å²) in [7, 11) is 3.52. The maximum Gasteiger partial charge on any atom is 0.121 e. The third-order valence-corrected chi connectivity index (χ3v) is 7.06. The number of hydrogen-bond donors (Lipinski definition) is 1. The molecule has 1 N–H and O–H groups in total. The van der Waals surface area contributed by atoms with Gasteiger partial charge in [-0.25, -0.2) is 0 Å². The molecule has 0 saturated carbocycles. The summed E-state index contributed by atoms with van der Waals surface area (Å²) in [6.07, 6.45) is 2.13. The number of nitrogens with zero attached hydrogens (tertiary/aromatic N) is 1. The molecular weight excluding hydrogens is 350 g/mol. The molecule has 1 aliphatic heterocycles. The van der Waals surface area contributed by atoms with E-state index in [4.69, 9.17) is 9.47 Å². The van der Waals surface area contributed by atoms with Crippen LogP contribution in [0.4, 0.5) is 0 Å². The lowest BCUT2D eigenvalue weighted by molar-refractivity contribution is -0.0946. The highest BCUT2D eigenvalue weighted by Gasteiger charge is 2.51. The molecule has 1 aliphatic carbocycles. The Hall–Kier alpha value is -1.62. The van der Waals surface area contributed by atoms with E-state index in [1.54, 1.807) is 14.2 Å². The van der Waals surface area contributed by atoms with Crippen molar-refractivity contribution in [2.75, 3.05) is 33.9 Å². The van der Waals surface area contributed by atoms with Crippen LogP contribution in [0.3, 0.4) is 0 Å². The van der Waals surface area contributed by atoms with E-state index in [1.807, 2.05) is 0 Å². The lowest BCUT2D eigenvalue weighted by Gasteiger charge is -2.51. The summed E-state index contributed by atoms with van der Waals surface area (Å²) in [5, 5.41) is 10.3. The van der Waals surface area contributed by atoms with Crippen LogP contribution in [0, 0.1) is 11.8 Å². The van der Waals surface area contributed by atoms with Crippen LogP contribution < -0.4 is 0 Å². The summed E-state index contributed by atoms with van der Waals surface area (Å²) in [5.74, 6) is 1.22. The standard InChI is InChI=1S/C24H35NO3/c1-17-19(3)24(28-5,22(16-26)18(2)23(17)27-4)21-11-13-25(14-12-21)15-20-9-7-6-8-10-20/h6-10,21-22,26H,11-16H2,1-5H3. The number of piperidine rings is 1. The summed E-state index contributed by atoms with van der Waals surface area (Å²) < 4.78 is 12.0. The second-order valence-corrected chi connectivity index (χ2v) is 8.23. The first-order valence-corrected chi connectivity index (χ1v) is 10.3. The zero-order valence-electron chi connectivity index (χ0n) is 18.0. The Morgan fingerprint density at radius 3 is 2.25 bits per heavy atom. The Bertz CT molecular complexity index is 731. The van der Waals surface area contributed by atoms with Gasteiger partial charge in [-0.3, -0.25) is 4.90 Å². The largest absolute Gasteiger partial charge is 0.497 e. The molecule has 4 heteroatoms. The van der Waals surface area contributed by atoms with Gasteiger partial charge in [0.1, 0.15) is 11.4 Å². The number of allylic oxidation sites excluding steroid dienone is 1. The molecule has 1 aromatic rings. The second-order valence-electron chi connectivity index (χ2n) is 8.23. The SMILES string of the molecule is COC1=C(C)C(CO)C(OC)(C2CCN(Cc3ccccc3)CC2)C(C)=C1C. The number of benzene rings is 1. The van der Waals surface area contributed by atoms with Gasteiger partial charge < -0.3 is 14.6 Å². The van der Waals surface area contributed by atoms with E-state index in [9.17, 15) is 5.11 Å². The summed E-state index contributed by atoms with van der Waals surface area (Å²) >= 11 is 0. The molecule has 2 aliphatic rings. The molecule has 154 valence electrons. The van der Waals surface area contributed by atoms with Gasteiger partial charge in [0.15, 0.2) is 0 Å². The first-order valence-electron chi connectivity index (χ1n) is 10.3. The Kier molecular flexibility index (Phi) is 6.64. The van der Waals surface area contributed by atoms with Gasteiger partial charge in [-0.05, 0) is 74.9 Å². The van der Waals surface area contributed by atoms with Crippen LogP contribution in [0.15, 0.2) is 52.8 Å². The molecule has 1 heterocycles. The summed E-state index contributed by atoms with van der Waals surface area (Å²) in [4.78, 5) is 2.53. The van der Waals surface area contributed by atoms with E-state index in [1.165, 1.54) is 11.1 Å². The molecule has 4 nitrogen and oxygen atoms in total. The van der Waals surface area contributed by atoms with Crippen LogP contribution in [0.25, 0.3) is 0 Å². The molecule has 0 spiro atoms. The Morgan fingerprint density at radius 2 is 1.71 bits per heavy atom. The molecule has 0 aromatic heterocycles. The summed E-state index contributed by atoms with van der Waals surface area (Å²) in [6, 6.07) is 10.7. The first kappa shape index (κ1) is 21.1. The lowest BCUT2D eigenvalue weighted by atomic mass is 9.63. The van der Waals surface area contributed by atoms with Gasteiger partial charge in [-0.2, -0.15) is 0 Å². The van der Waals surface area contributed by atoms with Gasteiger partial charge in [0.2, 0.25) is 0 Å². The van der Waals surface area contributed by atoms with Crippen LogP contribution in [0.1, 0.15) is 39.2 Å². The van der Waals surface area contributed by atoms with Crippen molar-refractivity contribution in [2.45, 2.75) is 45.8 Å². The zero-order chi connectivity index (χ0) is 20.3. The molecule has 3 rings (SSSR count). The second kappa shape index (κ2) is 8.81. The third-order valence-electron chi connectivity index (χ3n) is 7.06. The van der Waals surface area contributed by atoms with Crippen molar-refractivity contribution in [1.29, 1.82) is 0 Å². The van der Waals surface area contributed by atoms with Crippen LogP contribution in [0.5, 0.6) is 0 Å². The molecule has 0 amide bonds. The monoisotopic (exact) mass is 385 g/mol. The fraction of sp³-hybridized carbons (Fsp3) is 0.583. The fourth-order valence-electron chi connectivity index (χ4n) is 5.50. The van der Waals surface area contributed by atoms with E-state index in [-0.39, 0.29) is 12.5 Å². The average molecular weight is 386 g/mol. The van der Waals surface area contributed by atoms with E-state index in [0.29, 0.717) is 5.92 Å². The minimum absolute atomic E-state index is 0.0678. The molecule has 1 aromatic carbocycles. The van der Waals surface area contributed by atoms with E-state index < -0.39 is 5.60 Å². The highest BCUT2D eigenvalue weighted by Crippen LogP contribution is 2.50. The molecule has 1 saturated heterocycles. The van der Waals surface area contributed by atoms with Crippen molar-refractivity contribution in [3.8, 4) is 0 Å². The summed E-state index contributed by atoms with van der Waals surface area (Å²) in [6.45, 7) is 9.52. The maximum atomic E-state index is 10.3. The van der Waals surface area contributed by atoms with Gasteiger partial charge in [-0.15, -0.1) is 0 Å². The number of ether oxygens (including phenoxy) is 2. The molecule has 0 radical (unpaired) electrons. The van der Waals surface area contributed by atoms with Crippen molar-refractivity contribution in [3.63, 3.8) is 0 Å². The summed E-state index contributed by atoms with van der Waals surface area (Å²) in [5.41, 5.74) is 4.37. The molecule has 2 unspecified atom stereocenters. The van der Waals surface area contributed by atoms with Gasteiger partial charge >= 0.3 is 0 Å². The molecule has 28 heavy (non-hydrogen) atoms. The van der Waals surface area contributed by atoms with Crippen LogP contribution in [-0.4, -0.2) is 49.5 Å². The van der Waals surface area contributed by atoms with Crippen molar-refractivity contribution < 1.29 is 14.6 Å². The zero-order valence-corrected chi connectivity index (χ0v) is 18.0. The number of likely N-dealkylation sites (tertiary alicyclic amines) is 1. The predicted molar refractivity (Wildman–Crippen MR) is 113 cm³/mol. The van der Waals surface area contributed by atoms with Gasteiger partial charge in [0.05, 0.1) is 13.7 Å². The van der Waals surface area contributed by atoms with Crippen molar-refractivity contribution >= 4 is 0 Å². The quantitative estimate of drug-likeness (QED) is 0.798. The van der Waals surface area contributed by atoms with Gasteiger partial charge in [0, 0.05) is 19.6 Å². The fourth-order valence-corrected chi connectivity index (χ4v) is 5.50. The van der Waals surface area contributed by atoms with Crippen molar-refractivity contribution in [2.24, 2.45) is 11.8 Å².